The predicted molar refractivity (Wildman–Crippen MR) is 56.8 cm³/mol. The van der Waals surface area contributed by atoms with Crippen LogP contribution in [-0.4, -0.2) is 14.7 Å². The van der Waals surface area contributed by atoms with Crippen LogP contribution in [0, 0.1) is 0 Å². The molecule has 1 rings (SSSR count). The third-order valence-corrected chi connectivity index (χ3v) is 3.36. The summed E-state index contributed by atoms with van der Waals surface area (Å²) in [5.41, 5.74) is -0.322. The highest BCUT2D eigenvalue weighted by Gasteiger charge is 2.26. The lowest BCUT2D eigenvalue weighted by Gasteiger charge is -2.12. The van der Waals surface area contributed by atoms with E-state index in [1.165, 1.54) is 12.1 Å². The summed E-state index contributed by atoms with van der Waals surface area (Å²) in [4.78, 5) is -0.117. The van der Waals surface area contributed by atoms with Crippen molar-refractivity contribution in [2.75, 3.05) is 6.26 Å². The van der Waals surface area contributed by atoms with Gasteiger partial charge in [-0.2, -0.15) is 0 Å². The summed E-state index contributed by atoms with van der Waals surface area (Å²) in [6.07, 6.45) is 0.979. The fourth-order valence-electron chi connectivity index (χ4n) is 1.03. The van der Waals surface area contributed by atoms with E-state index >= 15 is 0 Å². The van der Waals surface area contributed by atoms with Gasteiger partial charge in [-0.25, -0.2) is 17.2 Å². The zero-order valence-electron chi connectivity index (χ0n) is 8.09. The normalized spacial score (nSPS) is 12.9. The lowest BCUT2D eigenvalue weighted by Crippen LogP contribution is -2.09. The minimum atomic E-state index is -3.47. The second-order valence-corrected chi connectivity index (χ2v) is 6.27. The number of benzene rings is 1. The molecule has 1 aromatic carbocycles. The van der Waals surface area contributed by atoms with Crippen molar-refractivity contribution in [1.82, 2.24) is 0 Å². The van der Waals surface area contributed by atoms with Gasteiger partial charge in [-0.3, -0.25) is 0 Å². The van der Waals surface area contributed by atoms with E-state index in [-0.39, 0.29) is 10.5 Å². The van der Waals surface area contributed by atoms with Crippen LogP contribution in [-0.2, 0) is 15.8 Å². The Balaban J connectivity index is 3.43. The standard InChI is InChI=1S/C9H9BrF2O2S/c1-9(11,12)6-3-7(10)5-8(4-6)15(2,13)14/h3-5H,1-2H3. The Hall–Kier alpha value is -0.490. The molecule has 1 aromatic rings. The van der Waals surface area contributed by atoms with Crippen molar-refractivity contribution >= 4 is 25.8 Å². The lowest BCUT2D eigenvalue weighted by molar-refractivity contribution is 0.0172. The maximum Gasteiger partial charge on any atom is 0.270 e. The van der Waals surface area contributed by atoms with Crippen molar-refractivity contribution < 1.29 is 17.2 Å². The molecule has 0 aliphatic carbocycles. The third kappa shape index (κ3) is 3.24. The van der Waals surface area contributed by atoms with Gasteiger partial charge in [-0.05, 0) is 18.2 Å². The minimum Gasteiger partial charge on any atom is -0.224 e. The molecule has 0 saturated heterocycles. The van der Waals surface area contributed by atoms with Crippen LogP contribution in [0.3, 0.4) is 0 Å². The molecule has 6 heteroatoms. The second-order valence-electron chi connectivity index (χ2n) is 3.34. The molecule has 0 aliphatic rings. The Labute approximate surface area is 95.4 Å². The Kier molecular flexibility index (Phi) is 3.21. The average molecular weight is 299 g/mol. The maximum absolute atomic E-state index is 13.0. The highest BCUT2D eigenvalue weighted by Crippen LogP contribution is 2.31. The average Bonchev–Trinajstić information content (AvgIpc) is 1.99. The van der Waals surface area contributed by atoms with Crippen LogP contribution < -0.4 is 0 Å². The van der Waals surface area contributed by atoms with Crippen molar-refractivity contribution in [3.05, 3.63) is 28.2 Å². The van der Waals surface area contributed by atoms with Gasteiger partial charge < -0.3 is 0 Å². The smallest absolute Gasteiger partial charge is 0.224 e. The molecule has 0 unspecified atom stereocenters. The Morgan fingerprint density at radius 1 is 1.27 bits per heavy atom. The number of halogens is 3. The minimum absolute atomic E-state index is 0.117. The van der Waals surface area contributed by atoms with E-state index in [0.717, 1.165) is 19.2 Å². The van der Waals surface area contributed by atoms with Crippen molar-refractivity contribution in [3.8, 4) is 0 Å². The highest BCUT2D eigenvalue weighted by atomic mass is 79.9. The van der Waals surface area contributed by atoms with Gasteiger partial charge >= 0.3 is 0 Å². The van der Waals surface area contributed by atoms with Gasteiger partial charge in [0.05, 0.1) is 4.90 Å². The van der Waals surface area contributed by atoms with E-state index in [0.29, 0.717) is 4.47 Å². The zero-order chi connectivity index (χ0) is 11.9. The first kappa shape index (κ1) is 12.6. The topological polar surface area (TPSA) is 34.1 Å². The van der Waals surface area contributed by atoms with E-state index in [4.69, 9.17) is 0 Å². The molecule has 84 valence electrons. The molecule has 0 spiro atoms. The van der Waals surface area contributed by atoms with Crippen molar-refractivity contribution in [1.29, 1.82) is 0 Å². The van der Waals surface area contributed by atoms with Crippen LogP contribution in [0.25, 0.3) is 0 Å². The number of alkyl halides is 2. The second kappa shape index (κ2) is 3.83. The summed E-state index contributed by atoms with van der Waals surface area (Å²) >= 11 is 3.00. The van der Waals surface area contributed by atoms with E-state index in [9.17, 15) is 17.2 Å². The molecule has 0 aromatic heterocycles. The fraction of sp³-hybridized carbons (Fsp3) is 0.333. The summed E-state index contributed by atoms with van der Waals surface area (Å²) in [7, 11) is -3.47. The molecule has 0 fully saturated rings. The number of rotatable bonds is 2. The Bertz CT molecular complexity index is 477. The van der Waals surface area contributed by atoms with Gasteiger partial charge in [-0.1, -0.05) is 15.9 Å². The maximum atomic E-state index is 13.0. The first-order valence-corrected chi connectivity index (χ1v) is 6.68. The summed E-state index contributed by atoms with van der Waals surface area (Å²) < 4.78 is 48.7. The quantitative estimate of drug-likeness (QED) is 0.841. The summed E-state index contributed by atoms with van der Waals surface area (Å²) in [6, 6.07) is 3.49. The fourth-order valence-corrected chi connectivity index (χ4v) is 2.36. The van der Waals surface area contributed by atoms with E-state index in [1.54, 1.807) is 0 Å². The molecular weight excluding hydrogens is 290 g/mol. The molecule has 0 N–H and O–H groups in total. The van der Waals surface area contributed by atoms with Gasteiger partial charge in [0.2, 0.25) is 0 Å². The number of hydrogen-bond acceptors (Lipinski definition) is 2. The molecule has 0 atom stereocenters. The zero-order valence-corrected chi connectivity index (χ0v) is 10.5. The molecule has 0 aliphatic heterocycles. The van der Waals surface area contributed by atoms with Gasteiger partial charge in [0.25, 0.3) is 5.92 Å². The Morgan fingerprint density at radius 2 is 1.80 bits per heavy atom. The van der Waals surface area contributed by atoms with Gasteiger partial charge in [0, 0.05) is 23.2 Å². The van der Waals surface area contributed by atoms with Crippen LogP contribution in [0.15, 0.2) is 27.6 Å². The van der Waals surface area contributed by atoms with Crippen LogP contribution >= 0.6 is 15.9 Å². The van der Waals surface area contributed by atoms with Crippen molar-refractivity contribution in [2.45, 2.75) is 17.7 Å². The monoisotopic (exact) mass is 298 g/mol. The SMILES string of the molecule is CC(F)(F)c1cc(Br)cc(S(C)(=O)=O)c1. The molecule has 0 radical (unpaired) electrons. The van der Waals surface area contributed by atoms with Gasteiger partial charge in [-0.15, -0.1) is 0 Å². The first-order chi connectivity index (χ1) is 6.60. The molecular formula is C9H9BrF2O2S. The Morgan fingerprint density at radius 3 is 2.20 bits per heavy atom. The highest BCUT2D eigenvalue weighted by molar-refractivity contribution is 9.10. The van der Waals surface area contributed by atoms with E-state index in [2.05, 4.69) is 15.9 Å². The molecule has 0 amide bonds. The van der Waals surface area contributed by atoms with Crippen LogP contribution in [0.1, 0.15) is 12.5 Å². The van der Waals surface area contributed by atoms with Crippen LogP contribution in [0.2, 0.25) is 0 Å². The number of sulfone groups is 1. The largest absolute Gasteiger partial charge is 0.270 e. The van der Waals surface area contributed by atoms with Gasteiger partial charge in [0.1, 0.15) is 0 Å². The molecule has 2 nitrogen and oxygen atoms in total. The summed E-state index contributed by atoms with van der Waals surface area (Å²) in [6.45, 7) is 0.723. The molecule has 0 bridgehead atoms. The third-order valence-electron chi connectivity index (χ3n) is 1.81. The van der Waals surface area contributed by atoms with Crippen molar-refractivity contribution in [3.63, 3.8) is 0 Å². The predicted octanol–water partition coefficient (Wildman–Crippen LogP) is 2.96. The van der Waals surface area contributed by atoms with E-state index < -0.39 is 15.8 Å². The van der Waals surface area contributed by atoms with Gasteiger partial charge in [0.15, 0.2) is 9.84 Å². The molecule has 0 saturated carbocycles. The van der Waals surface area contributed by atoms with E-state index in [1.807, 2.05) is 0 Å². The van der Waals surface area contributed by atoms with Crippen molar-refractivity contribution in [2.24, 2.45) is 0 Å². The van der Waals surface area contributed by atoms with Crippen LogP contribution in [0.4, 0.5) is 8.78 Å². The first-order valence-electron chi connectivity index (χ1n) is 3.99. The number of hydrogen-bond donors (Lipinski definition) is 0. The van der Waals surface area contributed by atoms with Crippen LogP contribution in [0.5, 0.6) is 0 Å². The summed E-state index contributed by atoms with van der Waals surface area (Å²) in [5, 5.41) is 0. The summed E-state index contributed by atoms with van der Waals surface area (Å²) in [5.74, 6) is -3.05. The molecule has 0 heterocycles. The molecule has 15 heavy (non-hydrogen) atoms. The lowest BCUT2D eigenvalue weighted by atomic mass is 10.1.